The number of rotatable bonds is 5. The van der Waals surface area contributed by atoms with Crippen LogP contribution in [0.4, 0.5) is 0 Å². The van der Waals surface area contributed by atoms with Crippen molar-refractivity contribution in [1.29, 1.82) is 0 Å². The fourth-order valence-electron chi connectivity index (χ4n) is 1.84. The van der Waals surface area contributed by atoms with E-state index in [0.29, 0.717) is 6.61 Å². The molecule has 3 heteroatoms. The van der Waals surface area contributed by atoms with Gasteiger partial charge in [-0.1, -0.05) is 19.1 Å². The van der Waals surface area contributed by atoms with Crippen molar-refractivity contribution in [3.8, 4) is 0 Å². The molecule has 15 heavy (non-hydrogen) atoms. The molecule has 0 saturated carbocycles. The van der Waals surface area contributed by atoms with Crippen molar-refractivity contribution in [2.45, 2.75) is 39.7 Å². The fourth-order valence-corrected chi connectivity index (χ4v) is 1.84. The molecule has 0 aromatic carbocycles. The maximum Gasteiger partial charge on any atom is 0.316 e. The second-order valence-electron chi connectivity index (χ2n) is 4.22. The zero-order valence-corrected chi connectivity index (χ0v) is 9.79. The van der Waals surface area contributed by atoms with Crippen molar-refractivity contribution in [3.63, 3.8) is 0 Å². The Balaban J connectivity index is 2.45. The predicted molar refractivity (Wildman–Crippen MR) is 58.5 cm³/mol. The Hall–Kier alpha value is -0.830. The molecule has 0 aromatic rings. The number of cyclic esters (lactones) is 1. The van der Waals surface area contributed by atoms with Crippen molar-refractivity contribution in [3.05, 3.63) is 12.2 Å². The Morgan fingerprint density at radius 1 is 1.67 bits per heavy atom. The molecule has 0 radical (unpaired) electrons. The van der Waals surface area contributed by atoms with Gasteiger partial charge in [-0.3, -0.25) is 4.79 Å². The van der Waals surface area contributed by atoms with E-state index in [9.17, 15) is 4.79 Å². The average molecular weight is 212 g/mol. The second kappa shape index (κ2) is 5.31. The fraction of sp³-hybridized carbons (Fsp3) is 0.750. The summed E-state index contributed by atoms with van der Waals surface area (Å²) in [5.41, 5.74) is -0.449. The molecule has 1 aliphatic heterocycles. The molecule has 0 amide bonds. The normalized spacial score (nSPS) is 31.1. The summed E-state index contributed by atoms with van der Waals surface area (Å²) in [6, 6.07) is 0. The van der Waals surface area contributed by atoms with Crippen molar-refractivity contribution >= 4 is 5.97 Å². The lowest BCUT2D eigenvalue weighted by Crippen LogP contribution is -2.19. The van der Waals surface area contributed by atoms with Crippen LogP contribution in [0.15, 0.2) is 12.2 Å². The molecule has 86 valence electrons. The van der Waals surface area contributed by atoms with Crippen LogP contribution in [0.2, 0.25) is 0 Å². The molecule has 0 aromatic heterocycles. The van der Waals surface area contributed by atoms with Gasteiger partial charge >= 0.3 is 5.97 Å². The Bertz CT molecular complexity index is 247. The Kier molecular flexibility index (Phi) is 4.33. The number of carbonyl (C=O) groups excluding carboxylic acids is 1. The molecular weight excluding hydrogens is 192 g/mol. The Labute approximate surface area is 91.4 Å². The summed E-state index contributed by atoms with van der Waals surface area (Å²) in [5, 5.41) is 0. The Morgan fingerprint density at radius 2 is 2.40 bits per heavy atom. The highest BCUT2D eigenvalue weighted by atomic mass is 16.6. The van der Waals surface area contributed by atoms with E-state index in [1.54, 1.807) is 0 Å². The largest absolute Gasteiger partial charge is 0.459 e. The summed E-state index contributed by atoms with van der Waals surface area (Å²) < 4.78 is 10.6. The predicted octanol–water partition coefficient (Wildman–Crippen LogP) is 2.31. The van der Waals surface area contributed by atoms with E-state index in [4.69, 9.17) is 9.47 Å². The van der Waals surface area contributed by atoms with E-state index in [1.165, 1.54) is 0 Å². The van der Waals surface area contributed by atoms with Crippen LogP contribution in [0.25, 0.3) is 0 Å². The van der Waals surface area contributed by atoms with Gasteiger partial charge in [0.05, 0.1) is 12.0 Å². The minimum atomic E-state index is -0.449. The number of allylic oxidation sites excluding steroid dienone is 1. The molecule has 1 rings (SSSR count). The van der Waals surface area contributed by atoms with Crippen LogP contribution in [-0.4, -0.2) is 25.3 Å². The Morgan fingerprint density at radius 3 is 3.00 bits per heavy atom. The van der Waals surface area contributed by atoms with Crippen LogP contribution in [0, 0.1) is 5.41 Å². The number of carbonyl (C=O) groups is 1. The van der Waals surface area contributed by atoms with Crippen molar-refractivity contribution < 1.29 is 14.3 Å². The summed E-state index contributed by atoms with van der Waals surface area (Å²) in [6.07, 6.45) is 5.45. The minimum absolute atomic E-state index is 0.0785. The van der Waals surface area contributed by atoms with Gasteiger partial charge in [-0.2, -0.15) is 0 Å². The first-order valence-corrected chi connectivity index (χ1v) is 5.55. The molecule has 0 bridgehead atoms. The number of hydrogen-bond acceptors (Lipinski definition) is 3. The summed E-state index contributed by atoms with van der Waals surface area (Å²) in [6.45, 7) is 7.14. The maximum atomic E-state index is 11.6. The minimum Gasteiger partial charge on any atom is -0.459 e. The number of ether oxygens (including phenoxy) is 2. The molecular formula is C12H20O3. The summed E-state index contributed by atoms with van der Waals surface area (Å²) >= 11 is 0. The van der Waals surface area contributed by atoms with Crippen LogP contribution in [0.3, 0.4) is 0 Å². The molecule has 1 fully saturated rings. The van der Waals surface area contributed by atoms with Crippen molar-refractivity contribution in [2.24, 2.45) is 5.41 Å². The van der Waals surface area contributed by atoms with E-state index >= 15 is 0 Å². The third kappa shape index (κ3) is 3.06. The first kappa shape index (κ1) is 12.2. The van der Waals surface area contributed by atoms with E-state index in [1.807, 2.05) is 26.0 Å². The topological polar surface area (TPSA) is 35.5 Å². The first-order chi connectivity index (χ1) is 7.12. The van der Waals surface area contributed by atoms with Gasteiger partial charge in [0.15, 0.2) is 0 Å². The summed E-state index contributed by atoms with van der Waals surface area (Å²) in [5.74, 6) is -0.134. The van der Waals surface area contributed by atoms with Gasteiger partial charge in [0, 0.05) is 13.0 Å². The van der Waals surface area contributed by atoms with Crippen LogP contribution >= 0.6 is 0 Å². The van der Waals surface area contributed by atoms with Gasteiger partial charge in [0.1, 0.15) is 6.10 Å². The average Bonchev–Trinajstić information content (AvgIpc) is 2.44. The highest BCUT2D eigenvalue weighted by Crippen LogP contribution is 2.35. The standard InChI is InChI=1S/C12H20O3/c1-4-6-12(3)8-10(15-11(12)13)9-14-7-5-2/h4,6,10H,5,7-9H2,1-3H3. The summed E-state index contributed by atoms with van der Waals surface area (Å²) in [4.78, 5) is 11.6. The zero-order valence-electron chi connectivity index (χ0n) is 9.79. The zero-order chi connectivity index (χ0) is 11.3. The molecule has 0 spiro atoms. The summed E-state index contributed by atoms with van der Waals surface area (Å²) in [7, 11) is 0. The van der Waals surface area contributed by atoms with Crippen LogP contribution in [-0.2, 0) is 14.3 Å². The van der Waals surface area contributed by atoms with Gasteiger partial charge in [-0.05, 0) is 20.3 Å². The van der Waals surface area contributed by atoms with E-state index in [0.717, 1.165) is 19.4 Å². The molecule has 1 aliphatic rings. The number of esters is 1. The molecule has 2 unspecified atom stereocenters. The maximum absolute atomic E-state index is 11.6. The second-order valence-corrected chi connectivity index (χ2v) is 4.22. The van der Waals surface area contributed by atoms with Gasteiger partial charge in [-0.15, -0.1) is 0 Å². The van der Waals surface area contributed by atoms with Gasteiger partial charge < -0.3 is 9.47 Å². The molecule has 1 saturated heterocycles. The van der Waals surface area contributed by atoms with Crippen LogP contribution in [0.1, 0.15) is 33.6 Å². The van der Waals surface area contributed by atoms with Gasteiger partial charge in [0.25, 0.3) is 0 Å². The van der Waals surface area contributed by atoms with E-state index in [2.05, 4.69) is 6.92 Å². The SMILES string of the molecule is CC=CC1(C)CC(COCCC)OC1=O. The van der Waals surface area contributed by atoms with Crippen LogP contribution < -0.4 is 0 Å². The lowest BCUT2D eigenvalue weighted by atomic mass is 9.87. The number of hydrogen-bond donors (Lipinski definition) is 0. The quantitative estimate of drug-likeness (QED) is 0.398. The third-order valence-corrected chi connectivity index (χ3v) is 2.58. The van der Waals surface area contributed by atoms with Gasteiger partial charge in [-0.25, -0.2) is 0 Å². The third-order valence-electron chi connectivity index (χ3n) is 2.58. The smallest absolute Gasteiger partial charge is 0.316 e. The molecule has 0 N–H and O–H groups in total. The lowest BCUT2D eigenvalue weighted by molar-refractivity contribution is -0.148. The molecule has 2 atom stereocenters. The molecule has 3 nitrogen and oxygen atoms in total. The van der Waals surface area contributed by atoms with E-state index in [-0.39, 0.29) is 12.1 Å². The highest BCUT2D eigenvalue weighted by Gasteiger charge is 2.43. The highest BCUT2D eigenvalue weighted by molar-refractivity contribution is 5.80. The lowest BCUT2D eigenvalue weighted by Gasteiger charge is -2.12. The van der Waals surface area contributed by atoms with Crippen LogP contribution in [0.5, 0.6) is 0 Å². The van der Waals surface area contributed by atoms with E-state index < -0.39 is 5.41 Å². The first-order valence-electron chi connectivity index (χ1n) is 5.55. The molecule has 1 heterocycles. The van der Waals surface area contributed by atoms with Gasteiger partial charge in [0.2, 0.25) is 0 Å². The van der Waals surface area contributed by atoms with Crippen molar-refractivity contribution in [1.82, 2.24) is 0 Å². The monoisotopic (exact) mass is 212 g/mol. The molecule has 0 aliphatic carbocycles. The van der Waals surface area contributed by atoms with Crippen molar-refractivity contribution in [2.75, 3.05) is 13.2 Å².